The Morgan fingerprint density at radius 2 is 1.83 bits per heavy atom. The van der Waals surface area contributed by atoms with Crippen LogP contribution in [0.3, 0.4) is 0 Å². The Labute approximate surface area is 142 Å². The molecular weight excluding hydrogens is 360 g/mol. The minimum Gasteiger partial charge on any atom is -0.497 e. The molecule has 0 aliphatic carbocycles. The maximum absolute atomic E-state index is 11.9. The van der Waals surface area contributed by atoms with Gasteiger partial charge in [0.25, 0.3) is 0 Å². The molecule has 23 heavy (non-hydrogen) atoms. The molecule has 1 heterocycles. The molecule has 5 nitrogen and oxygen atoms in total. The van der Waals surface area contributed by atoms with Gasteiger partial charge in [0, 0.05) is 22.5 Å². The molecule has 0 N–H and O–H groups in total. The van der Waals surface area contributed by atoms with Crippen LogP contribution in [-0.2, 0) is 9.53 Å². The number of carbonyl (C=O) groups excluding carboxylic acids is 1. The number of methoxy groups -OCH3 is 1. The highest BCUT2D eigenvalue weighted by Gasteiger charge is 2.32. The van der Waals surface area contributed by atoms with Crippen molar-refractivity contribution < 1.29 is 14.3 Å². The third-order valence-electron chi connectivity index (χ3n) is 3.46. The van der Waals surface area contributed by atoms with E-state index in [9.17, 15) is 4.79 Å². The summed E-state index contributed by atoms with van der Waals surface area (Å²) in [5.41, 5.74) is 1.65. The van der Waals surface area contributed by atoms with E-state index >= 15 is 0 Å². The van der Waals surface area contributed by atoms with Crippen molar-refractivity contribution in [2.24, 2.45) is 5.10 Å². The molecule has 2 aromatic rings. The van der Waals surface area contributed by atoms with E-state index in [1.54, 1.807) is 7.11 Å². The van der Waals surface area contributed by atoms with Crippen molar-refractivity contribution in [3.05, 3.63) is 64.1 Å². The molecule has 1 aliphatic rings. The smallest absolute Gasteiger partial charge is 0.243 e. The van der Waals surface area contributed by atoms with Crippen LogP contribution < -0.4 is 4.74 Å². The second kappa shape index (κ2) is 6.42. The van der Waals surface area contributed by atoms with E-state index in [-0.39, 0.29) is 5.91 Å². The standard InChI is InChI=1S/C17H15BrN2O3/c1-11(21)20-17(13-5-9-15(22-2)10-6-13)23-16(19-20)12-3-7-14(18)8-4-12/h3-10,17H,1-2H3/t17-/m1/s1. The number of benzene rings is 2. The summed E-state index contributed by atoms with van der Waals surface area (Å²) in [4.78, 5) is 11.9. The van der Waals surface area contributed by atoms with Gasteiger partial charge in [0.2, 0.25) is 18.0 Å². The van der Waals surface area contributed by atoms with Gasteiger partial charge in [-0.15, -0.1) is 5.10 Å². The minimum absolute atomic E-state index is 0.182. The Morgan fingerprint density at radius 1 is 1.17 bits per heavy atom. The lowest BCUT2D eigenvalue weighted by molar-refractivity contribution is -0.135. The number of hydrogen-bond acceptors (Lipinski definition) is 4. The zero-order chi connectivity index (χ0) is 16.4. The highest BCUT2D eigenvalue weighted by atomic mass is 79.9. The van der Waals surface area contributed by atoms with Crippen LogP contribution in [0, 0.1) is 0 Å². The molecule has 118 valence electrons. The van der Waals surface area contributed by atoms with Gasteiger partial charge >= 0.3 is 0 Å². The Bertz CT molecular complexity index is 741. The van der Waals surface area contributed by atoms with Crippen LogP contribution in [-0.4, -0.2) is 23.9 Å². The third kappa shape index (κ3) is 3.22. The first-order valence-electron chi connectivity index (χ1n) is 7.03. The first-order chi connectivity index (χ1) is 11.1. The predicted octanol–water partition coefficient (Wildman–Crippen LogP) is 3.70. The fraction of sp³-hybridized carbons (Fsp3) is 0.176. The number of rotatable bonds is 3. The van der Waals surface area contributed by atoms with Gasteiger partial charge < -0.3 is 9.47 Å². The summed E-state index contributed by atoms with van der Waals surface area (Å²) in [7, 11) is 1.61. The molecule has 1 amide bonds. The van der Waals surface area contributed by atoms with Crippen LogP contribution >= 0.6 is 15.9 Å². The number of hydrazone groups is 1. The lowest BCUT2D eigenvalue weighted by Gasteiger charge is -2.19. The zero-order valence-electron chi connectivity index (χ0n) is 12.7. The highest BCUT2D eigenvalue weighted by Crippen LogP contribution is 2.31. The molecule has 1 aliphatic heterocycles. The number of carbonyl (C=O) groups is 1. The monoisotopic (exact) mass is 374 g/mol. The first-order valence-corrected chi connectivity index (χ1v) is 7.83. The van der Waals surface area contributed by atoms with E-state index < -0.39 is 6.23 Å². The minimum atomic E-state index is -0.572. The lowest BCUT2D eigenvalue weighted by atomic mass is 10.2. The molecule has 0 bridgehead atoms. The van der Waals surface area contributed by atoms with Gasteiger partial charge in [0.15, 0.2) is 0 Å². The summed E-state index contributed by atoms with van der Waals surface area (Å²) in [5, 5.41) is 5.67. The van der Waals surface area contributed by atoms with E-state index in [2.05, 4.69) is 21.0 Å². The summed E-state index contributed by atoms with van der Waals surface area (Å²) < 4.78 is 12.0. The molecular formula is C17H15BrN2O3. The molecule has 0 unspecified atom stereocenters. The van der Waals surface area contributed by atoms with Gasteiger partial charge in [0.05, 0.1) is 7.11 Å². The average molecular weight is 375 g/mol. The molecule has 2 aromatic carbocycles. The number of amides is 1. The van der Waals surface area contributed by atoms with Gasteiger partial charge in [-0.25, -0.2) is 0 Å². The van der Waals surface area contributed by atoms with E-state index in [4.69, 9.17) is 9.47 Å². The molecule has 3 rings (SSSR count). The van der Waals surface area contributed by atoms with Crippen molar-refractivity contribution >= 4 is 27.7 Å². The summed E-state index contributed by atoms with van der Waals surface area (Å²) in [6.45, 7) is 1.47. The molecule has 0 radical (unpaired) electrons. The number of halogens is 1. The van der Waals surface area contributed by atoms with Gasteiger partial charge in [-0.1, -0.05) is 15.9 Å². The molecule has 0 fully saturated rings. The summed E-state index contributed by atoms with van der Waals surface area (Å²) in [5.74, 6) is 0.988. The van der Waals surface area contributed by atoms with Crippen LogP contribution in [0.1, 0.15) is 24.3 Å². The van der Waals surface area contributed by atoms with Crippen molar-refractivity contribution in [2.75, 3.05) is 7.11 Å². The van der Waals surface area contributed by atoms with Gasteiger partial charge in [-0.3, -0.25) is 4.79 Å². The predicted molar refractivity (Wildman–Crippen MR) is 90.0 cm³/mol. The van der Waals surface area contributed by atoms with Crippen molar-refractivity contribution in [3.8, 4) is 5.75 Å². The van der Waals surface area contributed by atoms with Crippen LogP contribution in [0.2, 0.25) is 0 Å². The van der Waals surface area contributed by atoms with E-state index in [1.165, 1.54) is 11.9 Å². The first kappa shape index (κ1) is 15.6. The summed E-state index contributed by atoms with van der Waals surface area (Å²) in [6.07, 6.45) is -0.572. The largest absolute Gasteiger partial charge is 0.497 e. The quantitative estimate of drug-likeness (QED) is 0.822. The van der Waals surface area contributed by atoms with Crippen molar-refractivity contribution in [2.45, 2.75) is 13.2 Å². The Morgan fingerprint density at radius 3 is 2.39 bits per heavy atom. The zero-order valence-corrected chi connectivity index (χ0v) is 14.3. The number of ether oxygens (including phenoxy) is 2. The van der Waals surface area contributed by atoms with Crippen LogP contribution in [0.25, 0.3) is 0 Å². The van der Waals surface area contributed by atoms with Crippen LogP contribution in [0.5, 0.6) is 5.75 Å². The second-order valence-corrected chi connectivity index (χ2v) is 5.93. The molecule has 0 saturated heterocycles. The lowest BCUT2D eigenvalue weighted by Crippen LogP contribution is -2.25. The van der Waals surface area contributed by atoms with E-state index in [0.29, 0.717) is 5.90 Å². The summed E-state index contributed by atoms with van der Waals surface area (Å²) >= 11 is 3.39. The SMILES string of the molecule is COc1ccc([C@H]2OC(c3ccc(Br)cc3)=NN2C(C)=O)cc1. The molecule has 6 heteroatoms. The fourth-order valence-electron chi connectivity index (χ4n) is 2.26. The topological polar surface area (TPSA) is 51.1 Å². The maximum atomic E-state index is 11.9. The van der Waals surface area contributed by atoms with Gasteiger partial charge in [-0.05, 0) is 48.5 Å². The molecule has 0 saturated carbocycles. The van der Waals surface area contributed by atoms with Crippen molar-refractivity contribution in [1.29, 1.82) is 0 Å². The Kier molecular flexibility index (Phi) is 4.34. The van der Waals surface area contributed by atoms with Crippen LogP contribution in [0.4, 0.5) is 0 Å². The van der Waals surface area contributed by atoms with Crippen molar-refractivity contribution in [1.82, 2.24) is 5.01 Å². The average Bonchev–Trinajstić information content (AvgIpc) is 3.01. The van der Waals surface area contributed by atoms with Gasteiger partial charge in [-0.2, -0.15) is 5.01 Å². The second-order valence-electron chi connectivity index (χ2n) is 5.02. The highest BCUT2D eigenvalue weighted by molar-refractivity contribution is 9.10. The Balaban J connectivity index is 1.90. The van der Waals surface area contributed by atoms with E-state index in [0.717, 1.165) is 21.3 Å². The Hall–Kier alpha value is -2.34. The number of nitrogens with zero attached hydrogens (tertiary/aromatic N) is 2. The van der Waals surface area contributed by atoms with Crippen molar-refractivity contribution in [3.63, 3.8) is 0 Å². The maximum Gasteiger partial charge on any atom is 0.243 e. The summed E-state index contributed by atoms with van der Waals surface area (Å²) in [6, 6.07) is 15.0. The fourth-order valence-corrected chi connectivity index (χ4v) is 2.53. The van der Waals surface area contributed by atoms with Crippen LogP contribution in [0.15, 0.2) is 58.1 Å². The molecule has 1 atom stereocenters. The van der Waals surface area contributed by atoms with Gasteiger partial charge in [0.1, 0.15) is 5.75 Å². The molecule has 0 spiro atoms. The molecule has 0 aromatic heterocycles. The third-order valence-corrected chi connectivity index (χ3v) is 3.99. The number of hydrogen-bond donors (Lipinski definition) is 0. The normalized spacial score (nSPS) is 16.7. The van der Waals surface area contributed by atoms with E-state index in [1.807, 2.05) is 48.5 Å².